The van der Waals surface area contributed by atoms with Crippen molar-refractivity contribution in [1.29, 1.82) is 0 Å². The van der Waals surface area contributed by atoms with Crippen LogP contribution in [0.25, 0.3) is 0 Å². The summed E-state index contributed by atoms with van der Waals surface area (Å²) in [5.41, 5.74) is 0. The van der Waals surface area contributed by atoms with E-state index in [0.29, 0.717) is 13.2 Å². The summed E-state index contributed by atoms with van der Waals surface area (Å²) in [5.74, 6) is 0. The Morgan fingerprint density at radius 3 is 1.36 bits per heavy atom. The minimum atomic E-state index is 0. The molecule has 0 radical (unpaired) electrons. The topological polar surface area (TPSA) is 49.7 Å². The molecule has 0 bridgehead atoms. The molecule has 3 nitrogen and oxygen atoms in total. The zero-order valence-corrected chi connectivity index (χ0v) is 10.8. The van der Waals surface area contributed by atoms with Gasteiger partial charge in [0.25, 0.3) is 0 Å². The van der Waals surface area contributed by atoms with E-state index in [0.717, 1.165) is 0 Å². The second-order valence-electron chi connectivity index (χ2n) is 1.75. The van der Waals surface area contributed by atoms with E-state index in [1.54, 1.807) is 26.0 Å². The smallest absolute Gasteiger partial charge is 0.0649 e. The molecule has 0 aromatic carbocycles. The van der Waals surface area contributed by atoms with E-state index >= 15 is 0 Å². The Bertz CT molecular complexity index is 77.4. The summed E-state index contributed by atoms with van der Waals surface area (Å²) in [6, 6.07) is 0. The predicted molar refractivity (Wildman–Crippen MR) is 56.7 cm³/mol. The molecule has 0 fully saturated rings. The Kier molecular flexibility index (Phi) is 64.5. The number of ether oxygens (including phenoxy) is 1. The molecule has 0 aliphatic heterocycles. The number of hydrogen-bond acceptors (Lipinski definition) is 3. The molecule has 0 aliphatic rings. The van der Waals surface area contributed by atoms with Crippen LogP contribution in [0.3, 0.4) is 0 Å². The fourth-order valence-electron chi connectivity index (χ4n) is 0.235. The number of aliphatic hydroxyl groups excluding tert-OH is 2. The minimum absolute atomic E-state index is 0. The van der Waals surface area contributed by atoms with Crippen LogP contribution >= 0.6 is 0 Å². The molecule has 14 heavy (non-hydrogen) atoms. The van der Waals surface area contributed by atoms with Gasteiger partial charge in [-0.05, 0) is 13.8 Å². The predicted octanol–water partition coefficient (Wildman–Crippen LogP) is 1.37. The van der Waals surface area contributed by atoms with Gasteiger partial charge in [-0.2, -0.15) is 0 Å². The number of rotatable bonds is 4. The Morgan fingerprint density at radius 1 is 1.00 bits per heavy atom. The van der Waals surface area contributed by atoms with Crippen molar-refractivity contribution in [2.75, 3.05) is 26.4 Å². The molecule has 2 N–H and O–H groups in total. The molecule has 0 amide bonds. The summed E-state index contributed by atoms with van der Waals surface area (Å²) in [6.45, 7) is 12.0. The van der Waals surface area contributed by atoms with Crippen molar-refractivity contribution in [3.05, 3.63) is 25.3 Å². The monoisotopic (exact) mass is 238 g/mol. The van der Waals surface area contributed by atoms with E-state index in [4.69, 9.17) is 14.9 Å². The molecule has 0 aliphatic carbocycles. The number of hydrogen-bond donors (Lipinski definition) is 2. The van der Waals surface area contributed by atoms with Crippen LogP contribution in [0.5, 0.6) is 0 Å². The molecule has 0 aromatic rings. The van der Waals surface area contributed by atoms with E-state index < -0.39 is 0 Å². The molecule has 0 unspecified atom stereocenters. The first-order chi connectivity index (χ1) is 6.24. The van der Waals surface area contributed by atoms with Crippen LogP contribution < -0.4 is 0 Å². The van der Waals surface area contributed by atoms with Crippen molar-refractivity contribution in [2.45, 2.75) is 13.8 Å². The maximum absolute atomic E-state index is 7.57. The fourth-order valence-corrected chi connectivity index (χ4v) is 0.235. The van der Waals surface area contributed by atoms with Crippen LogP contribution in [-0.4, -0.2) is 36.6 Å². The van der Waals surface area contributed by atoms with Crippen LogP contribution in [0.15, 0.2) is 25.3 Å². The van der Waals surface area contributed by atoms with Gasteiger partial charge in [0.2, 0.25) is 0 Å². The minimum Gasteiger partial charge on any atom is -0.397 e. The van der Waals surface area contributed by atoms with Crippen molar-refractivity contribution in [3.63, 3.8) is 0 Å². The van der Waals surface area contributed by atoms with Crippen molar-refractivity contribution in [2.24, 2.45) is 0 Å². The van der Waals surface area contributed by atoms with E-state index in [1.165, 1.54) is 0 Å². The van der Waals surface area contributed by atoms with Crippen LogP contribution in [0.1, 0.15) is 13.8 Å². The van der Waals surface area contributed by atoms with Crippen molar-refractivity contribution in [1.82, 2.24) is 0 Å². The molecule has 0 spiro atoms. The maximum Gasteiger partial charge on any atom is 0.0649 e. The summed E-state index contributed by atoms with van der Waals surface area (Å²) in [6.07, 6.45) is 3.42. The van der Waals surface area contributed by atoms with Gasteiger partial charge in [-0.1, -0.05) is 12.2 Å². The number of aliphatic hydroxyl groups is 2. The first-order valence-electron chi connectivity index (χ1n) is 4.26. The largest absolute Gasteiger partial charge is 0.397 e. The third-order valence-corrected chi connectivity index (χ3v) is 0.471. The molecule has 4 heteroatoms. The molecule has 84 valence electrons. The normalized spacial score (nSPS) is 6.57. The summed E-state index contributed by atoms with van der Waals surface area (Å²) in [5, 5.41) is 15.1. The Morgan fingerprint density at radius 2 is 1.21 bits per heavy atom. The van der Waals surface area contributed by atoms with Crippen molar-refractivity contribution >= 4 is 0 Å². The Balaban J connectivity index is -0.0000000610. The molecule has 0 rings (SSSR count). The standard InChI is InChI=1S/C6H10O.2C2H6O.Ti/c1-3-5-7-6-4-2;2*1-2-3;/h3-4H,1-2,5-6H2;2*3H,2H2,1H3;. The van der Waals surface area contributed by atoms with Crippen molar-refractivity contribution < 1.29 is 36.7 Å². The molecule has 0 aromatic heterocycles. The van der Waals surface area contributed by atoms with Crippen LogP contribution in [0.4, 0.5) is 0 Å². The van der Waals surface area contributed by atoms with Gasteiger partial charge < -0.3 is 14.9 Å². The van der Waals surface area contributed by atoms with Gasteiger partial charge >= 0.3 is 0 Å². The molecular formula is C10H22O3Ti. The molecule has 0 saturated carbocycles. The Hall–Kier alpha value is 0.0743. The zero-order valence-electron chi connectivity index (χ0n) is 9.20. The van der Waals surface area contributed by atoms with Gasteiger partial charge in [0.1, 0.15) is 0 Å². The third kappa shape index (κ3) is 89.2. The third-order valence-electron chi connectivity index (χ3n) is 0.471. The van der Waals surface area contributed by atoms with Crippen LogP contribution in [0, 0.1) is 0 Å². The summed E-state index contributed by atoms with van der Waals surface area (Å²) in [4.78, 5) is 0. The van der Waals surface area contributed by atoms with Crippen LogP contribution in [0.2, 0.25) is 0 Å². The molecule has 0 heterocycles. The molecular weight excluding hydrogens is 216 g/mol. The summed E-state index contributed by atoms with van der Waals surface area (Å²) < 4.78 is 4.90. The average molecular weight is 238 g/mol. The second kappa shape index (κ2) is 38.1. The van der Waals surface area contributed by atoms with Gasteiger partial charge in [-0.3, -0.25) is 0 Å². The molecule has 0 saturated heterocycles. The van der Waals surface area contributed by atoms with Gasteiger partial charge in [0.15, 0.2) is 0 Å². The summed E-state index contributed by atoms with van der Waals surface area (Å²) >= 11 is 0. The van der Waals surface area contributed by atoms with Gasteiger partial charge in [0, 0.05) is 34.9 Å². The van der Waals surface area contributed by atoms with E-state index in [9.17, 15) is 0 Å². The Labute approximate surface area is 102 Å². The summed E-state index contributed by atoms with van der Waals surface area (Å²) in [7, 11) is 0. The fraction of sp³-hybridized carbons (Fsp3) is 0.600. The van der Waals surface area contributed by atoms with Gasteiger partial charge in [0.05, 0.1) is 13.2 Å². The maximum atomic E-state index is 7.57. The van der Waals surface area contributed by atoms with E-state index in [1.807, 2.05) is 0 Å². The first-order valence-corrected chi connectivity index (χ1v) is 4.26. The molecule has 0 atom stereocenters. The zero-order chi connectivity index (χ0) is 10.9. The van der Waals surface area contributed by atoms with E-state index in [2.05, 4.69) is 13.2 Å². The first kappa shape index (κ1) is 23.7. The van der Waals surface area contributed by atoms with Crippen molar-refractivity contribution in [3.8, 4) is 0 Å². The quantitative estimate of drug-likeness (QED) is 0.442. The van der Waals surface area contributed by atoms with Gasteiger partial charge in [-0.15, -0.1) is 13.2 Å². The SMILES string of the molecule is C=CCOCC=C.CCO.CCO.[Ti]. The second-order valence-corrected chi connectivity index (χ2v) is 1.75. The van der Waals surface area contributed by atoms with Crippen LogP contribution in [-0.2, 0) is 26.5 Å². The average Bonchev–Trinajstić information content (AvgIpc) is 2.08. The van der Waals surface area contributed by atoms with Gasteiger partial charge in [-0.25, -0.2) is 0 Å². The van der Waals surface area contributed by atoms with E-state index in [-0.39, 0.29) is 34.9 Å².